The zero-order chi connectivity index (χ0) is 14.8. The van der Waals surface area contributed by atoms with E-state index in [2.05, 4.69) is 15.0 Å². The monoisotopic (exact) mass is 283 g/mol. The molecule has 0 aliphatic carbocycles. The molecule has 3 rings (SSSR count). The van der Waals surface area contributed by atoms with Crippen LogP contribution in [-0.4, -0.2) is 29.2 Å². The minimum absolute atomic E-state index is 0.205. The van der Waals surface area contributed by atoms with Crippen LogP contribution in [0, 0.1) is 6.57 Å². The predicted octanol–water partition coefficient (Wildman–Crippen LogP) is 2.88. The third-order valence-corrected chi connectivity index (χ3v) is 3.28. The number of carbonyl (C=O) groups excluding carboxylic acids is 1. The highest BCUT2D eigenvalue weighted by Gasteiger charge is 2.20. The number of ketones is 1. The Morgan fingerprint density at radius 1 is 1.33 bits per heavy atom. The van der Waals surface area contributed by atoms with Crippen LogP contribution < -0.4 is 0 Å². The van der Waals surface area contributed by atoms with Gasteiger partial charge in [0.05, 0.1) is 25.5 Å². The molecule has 1 aliphatic heterocycles. The van der Waals surface area contributed by atoms with Crippen LogP contribution in [0.1, 0.15) is 29.3 Å². The summed E-state index contributed by atoms with van der Waals surface area (Å²) >= 11 is 0. The average molecular weight is 283 g/mol. The summed E-state index contributed by atoms with van der Waals surface area (Å²) in [6.45, 7) is 9.83. The Balaban J connectivity index is 1.94. The molecule has 0 bridgehead atoms. The Hall–Kier alpha value is -2.49. The first-order chi connectivity index (χ1) is 10.2. The van der Waals surface area contributed by atoms with Gasteiger partial charge in [-0.1, -0.05) is 24.3 Å². The first-order valence-corrected chi connectivity index (χ1v) is 6.51. The second-order valence-corrected chi connectivity index (χ2v) is 4.66. The van der Waals surface area contributed by atoms with Crippen LogP contribution in [-0.2, 0) is 9.47 Å². The Labute approximate surface area is 121 Å². The molecule has 6 heteroatoms. The van der Waals surface area contributed by atoms with Crippen molar-refractivity contribution < 1.29 is 14.3 Å². The predicted molar refractivity (Wildman–Crippen MR) is 74.9 cm³/mol. The van der Waals surface area contributed by atoms with Gasteiger partial charge in [-0.3, -0.25) is 9.89 Å². The smallest absolute Gasteiger partial charge is 0.242 e. The van der Waals surface area contributed by atoms with Gasteiger partial charge in [-0.15, -0.1) is 0 Å². The molecule has 0 radical (unpaired) electrons. The molecule has 2 heterocycles. The summed E-state index contributed by atoms with van der Waals surface area (Å²) in [7, 11) is 0. The third kappa shape index (κ3) is 2.44. The second kappa shape index (κ2) is 5.48. The van der Waals surface area contributed by atoms with E-state index in [9.17, 15) is 4.79 Å². The van der Waals surface area contributed by atoms with E-state index in [1.807, 2.05) is 24.3 Å². The fourth-order valence-electron chi connectivity index (χ4n) is 2.24. The maximum Gasteiger partial charge on any atom is 0.242 e. The van der Waals surface area contributed by atoms with Gasteiger partial charge in [-0.05, 0) is 12.5 Å². The number of rotatable bonds is 3. The summed E-state index contributed by atoms with van der Waals surface area (Å²) in [5.74, 6) is -0.205. The molecule has 0 amide bonds. The molecule has 1 saturated heterocycles. The van der Waals surface area contributed by atoms with Gasteiger partial charge in [0.15, 0.2) is 12.1 Å². The van der Waals surface area contributed by atoms with Crippen molar-refractivity contribution in [2.24, 2.45) is 0 Å². The molecule has 0 spiro atoms. The Morgan fingerprint density at radius 2 is 2.00 bits per heavy atom. The number of aromatic nitrogens is 2. The molecule has 21 heavy (non-hydrogen) atoms. The van der Waals surface area contributed by atoms with Crippen molar-refractivity contribution in [3.05, 3.63) is 46.9 Å². The van der Waals surface area contributed by atoms with Crippen LogP contribution in [0.3, 0.4) is 0 Å². The minimum Gasteiger partial charge on any atom is -0.346 e. The van der Waals surface area contributed by atoms with Gasteiger partial charge in [0.1, 0.15) is 5.69 Å². The number of aromatic amines is 1. The lowest BCUT2D eigenvalue weighted by atomic mass is 10.1. The molecule has 1 aromatic carbocycles. The molecule has 1 aliphatic rings. The molecule has 1 fully saturated rings. The van der Waals surface area contributed by atoms with Crippen molar-refractivity contribution in [3.63, 3.8) is 0 Å². The number of Topliss-reactive ketones (excluding diaryl/α,β-unsaturated/α-hetero) is 1. The molecule has 1 aromatic heterocycles. The van der Waals surface area contributed by atoms with E-state index < -0.39 is 0 Å². The van der Waals surface area contributed by atoms with Crippen molar-refractivity contribution >= 4 is 11.5 Å². The highest BCUT2D eigenvalue weighted by atomic mass is 16.7. The van der Waals surface area contributed by atoms with E-state index in [1.165, 1.54) is 6.92 Å². The largest absolute Gasteiger partial charge is 0.346 e. The van der Waals surface area contributed by atoms with Crippen LogP contribution >= 0.6 is 0 Å². The van der Waals surface area contributed by atoms with Gasteiger partial charge in [0.25, 0.3) is 0 Å². The number of hydrogen-bond acceptors (Lipinski definition) is 4. The summed E-state index contributed by atoms with van der Waals surface area (Å²) in [4.78, 5) is 14.9. The van der Waals surface area contributed by atoms with Gasteiger partial charge < -0.3 is 9.47 Å². The van der Waals surface area contributed by atoms with Crippen LogP contribution in [0.5, 0.6) is 0 Å². The lowest BCUT2D eigenvalue weighted by molar-refractivity contribution is -0.0441. The van der Waals surface area contributed by atoms with Gasteiger partial charge in [-0.2, -0.15) is 5.10 Å². The second-order valence-electron chi connectivity index (χ2n) is 4.66. The highest BCUT2D eigenvalue weighted by Crippen LogP contribution is 2.33. The van der Waals surface area contributed by atoms with E-state index >= 15 is 0 Å². The van der Waals surface area contributed by atoms with Crippen molar-refractivity contribution in [1.82, 2.24) is 10.2 Å². The molecule has 6 nitrogen and oxygen atoms in total. The SMILES string of the molecule is [C-]#[N+]c1c(-c2ccc(C3OCCO3)cc2)n[nH]c1C(C)=O. The molecule has 0 unspecified atom stereocenters. The fraction of sp³-hybridized carbons (Fsp3) is 0.267. The first-order valence-electron chi connectivity index (χ1n) is 6.51. The third-order valence-electron chi connectivity index (χ3n) is 3.28. The lowest BCUT2D eigenvalue weighted by Gasteiger charge is -2.09. The molecule has 106 valence electrons. The van der Waals surface area contributed by atoms with Gasteiger partial charge in [0.2, 0.25) is 5.69 Å². The Morgan fingerprint density at radius 3 is 2.57 bits per heavy atom. The van der Waals surface area contributed by atoms with Crippen LogP contribution in [0.4, 0.5) is 5.69 Å². The van der Waals surface area contributed by atoms with E-state index in [0.717, 1.165) is 11.1 Å². The number of hydrogen-bond donors (Lipinski definition) is 1. The van der Waals surface area contributed by atoms with E-state index in [4.69, 9.17) is 16.0 Å². The molecular formula is C15H13N3O3. The lowest BCUT2D eigenvalue weighted by Crippen LogP contribution is -1.97. The summed E-state index contributed by atoms with van der Waals surface area (Å²) < 4.78 is 10.9. The van der Waals surface area contributed by atoms with Crippen molar-refractivity contribution in [3.8, 4) is 11.3 Å². The van der Waals surface area contributed by atoms with Gasteiger partial charge in [-0.25, -0.2) is 4.85 Å². The molecule has 2 aromatic rings. The number of nitrogens with zero attached hydrogens (tertiary/aromatic N) is 2. The maximum atomic E-state index is 11.5. The molecule has 0 atom stereocenters. The van der Waals surface area contributed by atoms with Gasteiger partial charge >= 0.3 is 0 Å². The van der Waals surface area contributed by atoms with E-state index in [0.29, 0.717) is 18.9 Å². The number of benzene rings is 1. The Bertz CT molecular complexity index is 707. The normalized spacial score (nSPS) is 15.0. The summed E-state index contributed by atoms with van der Waals surface area (Å²) in [6, 6.07) is 7.44. The minimum atomic E-state index is -0.327. The van der Waals surface area contributed by atoms with Crippen LogP contribution in [0.25, 0.3) is 16.1 Å². The van der Waals surface area contributed by atoms with Crippen molar-refractivity contribution in [2.45, 2.75) is 13.2 Å². The quantitative estimate of drug-likeness (QED) is 0.694. The summed E-state index contributed by atoms with van der Waals surface area (Å²) in [6.07, 6.45) is -0.327. The number of carbonyl (C=O) groups is 1. The van der Waals surface area contributed by atoms with E-state index in [1.54, 1.807) is 0 Å². The number of nitrogens with one attached hydrogen (secondary N) is 1. The van der Waals surface area contributed by atoms with Crippen molar-refractivity contribution in [2.75, 3.05) is 13.2 Å². The Kier molecular flexibility index (Phi) is 3.52. The summed E-state index contributed by atoms with van der Waals surface area (Å²) in [5, 5.41) is 6.71. The van der Waals surface area contributed by atoms with Crippen LogP contribution in [0.2, 0.25) is 0 Å². The molecule has 1 N–H and O–H groups in total. The maximum absolute atomic E-state index is 11.5. The summed E-state index contributed by atoms with van der Waals surface area (Å²) in [5.41, 5.74) is 2.67. The highest BCUT2D eigenvalue weighted by molar-refractivity contribution is 6.01. The zero-order valence-electron chi connectivity index (χ0n) is 11.4. The molecule has 0 saturated carbocycles. The topological polar surface area (TPSA) is 68.6 Å². The number of ether oxygens (including phenoxy) is 2. The molecular weight excluding hydrogens is 270 g/mol. The standard InChI is InChI=1S/C15H13N3O3/c1-9(19)12-14(16-2)13(18-17-12)10-3-5-11(6-4-10)15-20-7-8-21-15/h3-6,15H,7-8H2,1H3,(H,17,18). The van der Waals surface area contributed by atoms with Gasteiger partial charge in [0, 0.05) is 5.56 Å². The van der Waals surface area contributed by atoms with E-state index in [-0.39, 0.29) is 23.5 Å². The fourth-order valence-corrected chi connectivity index (χ4v) is 2.24. The zero-order valence-corrected chi connectivity index (χ0v) is 11.4. The first kappa shape index (κ1) is 13.5. The van der Waals surface area contributed by atoms with Crippen LogP contribution in [0.15, 0.2) is 24.3 Å². The number of H-pyrrole nitrogens is 1. The average Bonchev–Trinajstić information content (AvgIpc) is 3.16. The van der Waals surface area contributed by atoms with Crippen molar-refractivity contribution in [1.29, 1.82) is 0 Å².